The maximum absolute atomic E-state index is 11.1. The number of hydrogen-bond acceptors (Lipinski definition) is 9. The number of amides is 1. The van der Waals surface area contributed by atoms with Gasteiger partial charge in [0.2, 0.25) is 5.91 Å². The summed E-state index contributed by atoms with van der Waals surface area (Å²) < 4.78 is 4.86. The van der Waals surface area contributed by atoms with Gasteiger partial charge in [-0.25, -0.2) is 4.79 Å². The van der Waals surface area contributed by atoms with Crippen molar-refractivity contribution >= 4 is 17.7 Å². The summed E-state index contributed by atoms with van der Waals surface area (Å²) in [4.78, 5) is 31.5. The molecule has 0 bridgehead atoms. The van der Waals surface area contributed by atoms with E-state index in [1.54, 1.807) is 0 Å². The van der Waals surface area contributed by atoms with Crippen molar-refractivity contribution in [2.75, 3.05) is 6.61 Å². The number of nitrogens with one attached hydrogen (secondary N) is 1. The Hall–Kier alpha value is -1.63. The van der Waals surface area contributed by atoms with E-state index in [0.29, 0.717) is 0 Å². The van der Waals surface area contributed by atoms with Crippen LogP contribution >= 0.6 is 0 Å². The van der Waals surface area contributed by atoms with E-state index in [1.807, 2.05) is 0 Å². The maximum atomic E-state index is 11.1. The summed E-state index contributed by atoms with van der Waals surface area (Å²) in [5.74, 6) is -5.01. The van der Waals surface area contributed by atoms with Gasteiger partial charge < -0.3 is 45.5 Å². The second-order valence-electron chi connectivity index (χ2n) is 5.82. The standard InChI is InChI=1S/C11H19NO9.C3H6O/c1-4(14)12-7-5(15)2-11(20,10(18)19)21-9(7)8(17)6(16)3-13;1-3(2)4/h5-9,13,15-17,20H,2-3H2,1H3,(H,12,14)(H,18,19);1-2H3/t5-,6?,7+,8?,9+,11?;/m0./s1. The molecule has 1 saturated heterocycles. The van der Waals surface area contributed by atoms with E-state index >= 15 is 0 Å². The number of Topliss-reactive ketones (excluding diaryl/α,β-unsaturated/α-hetero) is 1. The van der Waals surface area contributed by atoms with Gasteiger partial charge in [0, 0.05) is 13.3 Å². The van der Waals surface area contributed by atoms with Crippen LogP contribution in [0.1, 0.15) is 27.2 Å². The van der Waals surface area contributed by atoms with E-state index in [1.165, 1.54) is 13.8 Å². The first-order valence-electron chi connectivity index (χ1n) is 7.38. The average Bonchev–Trinajstić information content (AvgIpc) is 2.47. The van der Waals surface area contributed by atoms with E-state index in [2.05, 4.69) is 5.32 Å². The number of ketones is 1. The highest BCUT2D eigenvalue weighted by Gasteiger charge is 2.53. The average molecular weight is 367 g/mol. The normalized spacial score (nSPS) is 31.1. The second kappa shape index (κ2) is 9.75. The summed E-state index contributed by atoms with van der Waals surface area (Å²) in [6, 6.07) is -1.27. The molecule has 11 nitrogen and oxygen atoms in total. The van der Waals surface area contributed by atoms with E-state index in [-0.39, 0.29) is 5.78 Å². The Morgan fingerprint density at radius 2 is 1.72 bits per heavy atom. The number of rotatable bonds is 5. The van der Waals surface area contributed by atoms with Crippen molar-refractivity contribution in [2.45, 2.75) is 63.4 Å². The molecular formula is C14H25NO10. The summed E-state index contributed by atoms with van der Waals surface area (Å²) in [5, 5.41) is 59.0. The molecule has 1 heterocycles. The smallest absolute Gasteiger partial charge is 0.364 e. The van der Waals surface area contributed by atoms with Crippen LogP contribution in [0.5, 0.6) is 0 Å². The first-order valence-corrected chi connectivity index (χ1v) is 7.38. The Balaban J connectivity index is 0.00000129. The van der Waals surface area contributed by atoms with Crippen LogP contribution in [-0.2, 0) is 19.1 Å². The highest BCUT2D eigenvalue weighted by atomic mass is 16.7. The molecular weight excluding hydrogens is 342 g/mol. The maximum Gasteiger partial charge on any atom is 0.364 e. The first kappa shape index (κ1) is 23.4. The van der Waals surface area contributed by atoms with E-state index in [0.717, 1.165) is 6.92 Å². The van der Waals surface area contributed by atoms with Crippen LogP contribution in [0.25, 0.3) is 0 Å². The van der Waals surface area contributed by atoms with Crippen LogP contribution in [0, 0.1) is 0 Å². The van der Waals surface area contributed by atoms with Crippen molar-refractivity contribution in [3.8, 4) is 0 Å². The Kier molecular flexibility index (Phi) is 9.11. The van der Waals surface area contributed by atoms with Gasteiger partial charge in [0.05, 0.1) is 18.8 Å². The van der Waals surface area contributed by atoms with E-state index in [9.17, 15) is 34.8 Å². The largest absolute Gasteiger partial charge is 0.477 e. The lowest BCUT2D eigenvalue weighted by Gasteiger charge is -2.44. The van der Waals surface area contributed by atoms with Gasteiger partial charge in [0.1, 0.15) is 24.1 Å². The quantitative estimate of drug-likeness (QED) is 0.259. The Bertz CT molecular complexity index is 480. The molecule has 1 fully saturated rings. The molecule has 0 aliphatic carbocycles. The number of hydrogen-bond donors (Lipinski definition) is 7. The van der Waals surface area contributed by atoms with Crippen LogP contribution in [0.15, 0.2) is 0 Å². The molecule has 1 aliphatic rings. The van der Waals surface area contributed by atoms with Gasteiger partial charge in [-0.3, -0.25) is 4.79 Å². The summed E-state index contributed by atoms with van der Waals surface area (Å²) in [7, 11) is 0. The molecule has 7 N–H and O–H groups in total. The van der Waals surface area contributed by atoms with Crippen LogP contribution in [0.3, 0.4) is 0 Å². The number of ether oxygens (including phenoxy) is 1. The van der Waals surface area contributed by atoms with Crippen molar-refractivity contribution in [2.24, 2.45) is 0 Å². The molecule has 11 heteroatoms. The van der Waals surface area contributed by atoms with Gasteiger partial charge in [-0.1, -0.05) is 0 Å². The fourth-order valence-corrected chi connectivity index (χ4v) is 2.14. The van der Waals surface area contributed by atoms with Gasteiger partial charge in [-0.05, 0) is 13.8 Å². The number of aliphatic hydroxyl groups excluding tert-OH is 4. The van der Waals surface area contributed by atoms with Gasteiger partial charge in [-0.2, -0.15) is 0 Å². The van der Waals surface area contributed by atoms with Crippen molar-refractivity contribution < 1.29 is 49.8 Å². The van der Waals surface area contributed by atoms with E-state index in [4.69, 9.17) is 14.9 Å². The topological polar surface area (TPSA) is 194 Å². The molecule has 146 valence electrons. The van der Waals surface area contributed by atoms with Crippen LogP contribution in [0.2, 0.25) is 0 Å². The van der Waals surface area contributed by atoms with Gasteiger partial charge >= 0.3 is 5.97 Å². The number of carboxylic acid groups (broad SMARTS) is 1. The second-order valence-corrected chi connectivity index (χ2v) is 5.82. The lowest BCUT2D eigenvalue weighted by atomic mass is 9.88. The molecule has 0 saturated carbocycles. The SMILES string of the molecule is CC(=O)N[C@@H]1[C@@H](O)CC(O)(C(=O)O)O[C@H]1C(O)C(O)CO.CC(C)=O. The molecule has 1 rings (SSSR count). The number of carbonyl (C=O) groups excluding carboxylic acids is 2. The summed E-state index contributed by atoms with van der Waals surface area (Å²) in [5.41, 5.74) is 0. The third-order valence-electron chi connectivity index (χ3n) is 3.21. The molecule has 0 aromatic carbocycles. The van der Waals surface area contributed by atoms with Crippen molar-refractivity contribution in [1.82, 2.24) is 5.32 Å². The zero-order valence-electron chi connectivity index (χ0n) is 14.1. The van der Waals surface area contributed by atoms with Crippen LogP contribution in [0.4, 0.5) is 0 Å². The molecule has 1 amide bonds. The number of aliphatic hydroxyl groups is 5. The van der Waals surface area contributed by atoms with E-state index < -0.39 is 61.1 Å². The molecule has 0 spiro atoms. The van der Waals surface area contributed by atoms with Crippen molar-refractivity contribution in [3.05, 3.63) is 0 Å². The lowest BCUT2D eigenvalue weighted by molar-refractivity contribution is -0.295. The minimum Gasteiger partial charge on any atom is -0.477 e. The van der Waals surface area contributed by atoms with Crippen LogP contribution in [-0.4, -0.2) is 91.2 Å². The molecule has 6 atom stereocenters. The third kappa shape index (κ3) is 7.02. The molecule has 1 aliphatic heterocycles. The highest BCUT2D eigenvalue weighted by molar-refractivity contribution is 5.76. The predicted octanol–water partition coefficient (Wildman–Crippen LogP) is -3.28. The predicted molar refractivity (Wildman–Crippen MR) is 81.1 cm³/mol. The Morgan fingerprint density at radius 3 is 2.08 bits per heavy atom. The summed E-state index contributed by atoms with van der Waals surface area (Å²) in [6.45, 7) is 3.31. The molecule has 3 unspecified atom stereocenters. The fraction of sp³-hybridized carbons (Fsp3) is 0.786. The molecule has 0 aromatic rings. The number of aliphatic carboxylic acids is 1. The zero-order chi connectivity index (χ0) is 19.9. The number of carboxylic acids is 1. The Morgan fingerprint density at radius 1 is 1.24 bits per heavy atom. The zero-order valence-corrected chi connectivity index (χ0v) is 14.1. The lowest BCUT2D eigenvalue weighted by Crippen LogP contribution is -2.67. The summed E-state index contributed by atoms with van der Waals surface area (Å²) in [6.07, 6.45) is -7.48. The Labute approximate surface area is 143 Å². The molecule has 25 heavy (non-hydrogen) atoms. The highest BCUT2D eigenvalue weighted by Crippen LogP contribution is 2.30. The summed E-state index contributed by atoms with van der Waals surface area (Å²) >= 11 is 0. The first-order chi connectivity index (χ1) is 11.4. The third-order valence-corrected chi connectivity index (χ3v) is 3.21. The van der Waals surface area contributed by atoms with Gasteiger partial charge in [-0.15, -0.1) is 0 Å². The minimum absolute atomic E-state index is 0.167. The molecule has 0 aromatic heterocycles. The van der Waals surface area contributed by atoms with Crippen molar-refractivity contribution in [1.29, 1.82) is 0 Å². The van der Waals surface area contributed by atoms with Gasteiger partial charge in [0.15, 0.2) is 0 Å². The monoisotopic (exact) mass is 367 g/mol. The minimum atomic E-state index is -2.78. The number of carbonyl (C=O) groups is 3. The molecule has 0 radical (unpaired) electrons. The van der Waals surface area contributed by atoms with Crippen molar-refractivity contribution in [3.63, 3.8) is 0 Å². The van der Waals surface area contributed by atoms with Gasteiger partial charge in [0.25, 0.3) is 5.79 Å². The van der Waals surface area contributed by atoms with Crippen LogP contribution < -0.4 is 5.32 Å². The fourth-order valence-electron chi connectivity index (χ4n) is 2.14.